The standard InChI is InChI=1S/C20H16ClN5/c1-26(22)20-17-11-14(13-4-2-6-16(21)10-13)7-8-18(17)24-19(25-20)15-5-3-9-23-12-15/h2-12H,22H2,1H3. The second-order valence-electron chi connectivity index (χ2n) is 5.97. The second-order valence-corrected chi connectivity index (χ2v) is 6.40. The van der Waals surface area contributed by atoms with Crippen LogP contribution in [0.1, 0.15) is 0 Å². The lowest BCUT2D eigenvalue weighted by Gasteiger charge is -2.16. The molecule has 4 aromatic rings. The minimum Gasteiger partial charge on any atom is -0.297 e. The molecule has 0 spiro atoms. The fourth-order valence-electron chi connectivity index (χ4n) is 2.85. The highest BCUT2D eigenvalue weighted by molar-refractivity contribution is 6.30. The van der Waals surface area contributed by atoms with Crippen LogP contribution in [0.2, 0.25) is 5.02 Å². The number of nitrogens with zero attached hydrogens (tertiary/aromatic N) is 4. The third-order valence-corrected chi connectivity index (χ3v) is 4.32. The van der Waals surface area contributed by atoms with Crippen molar-refractivity contribution in [3.8, 4) is 22.5 Å². The average Bonchev–Trinajstić information content (AvgIpc) is 2.67. The predicted molar refractivity (Wildman–Crippen MR) is 106 cm³/mol. The molecule has 6 heteroatoms. The Kier molecular flexibility index (Phi) is 4.24. The van der Waals surface area contributed by atoms with Gasteiger partial charge in [0.25, 0.3) is 0 Å². The van der Waals surface area contributed by atoms with Crippen LogP contribution in [0.15, 0.2) is 67.0 Å². The van der Waals surface area contributed by atoms with Crippen LogP contribution in [0.3, 0.4) is 0 Å². The number of benzene rings is 2. The maximum atomic E-state index is 6.12. The van der Waals surface area contributed by atoms with Crippen molar-refractivity contribution in [2.24, 2.45) is 5.84 Å². The summed E-state index contributed by atoms with van der Waals surface area (Å²) in [5.74, 6) is 7.29. The molecule has 0 amide bonds. The van der Waals surface area contributed by atoms with Crippen molar-refractivity contribution in [2.45, 2.75) is 0 Å². The number of hydrazine groups is 1. The molecule has 5 nitrogen and oxygen atoms in total. The van der Waals surface area contributed by atoms with Crippen molar-refractivity contribution in [1.82, 2.24) is 15.0 Å². The molecule has 2 heterocycles. The number of pyridine rings is 1. The van der Waals surface area contributed by atoms with Gasteiger partial charge in [0, 0.05) is 35.4 Å². The Balaban J connectivity index is 1.92. The highest BCUT2D eigenvalue weighted by Gasteiger charge is 2.13. The Hall–Kier alpha value is -3.02. The maximum absolute atomic E-state index is 6.12. The largest absolute Gasteiger partial charge is 0.297 e. The SMILES string of the molecule is CN(N)c1nc(-c2cccnc2)nc2ccc(-c3cccc(Cl)c3)cc12. The molecule has 0 aliphatic carbocycles. The van der Waals surface area contributed by atoms with Gasteiger partial charge in [0.05, 0.1) is 5.52 Å². The molecular formula is C20H16ClN5. The van der Waals surface area contributed by atoms with Gasteiger partial charge < -0.3 is 0 Å². The number of aromatic nitrogens is 3. The van der Waals surface area contributed by atoms with E-state index in [0.29, 0.717) is 16.7 Å². The van der Waals surface area contributed by atoms with E-state index in [1.54, 1.807) is 19.4 Å². The van der Waals surface area contributed by atoms with E-state index in [1.165, 1.54) is 5.01 Å². The lowest BCUT2D eigenvalue weighted by Crippen LogP contribution is -2.26. The minimum absolute atomic E-state index is 0.591. The highest BCUT2D eigenvalue weighted by atomic mass is 35.5. The molecule has 0 radical (unpaired) electrons. The Morgan fingerprint density at radius 1 is 0.923 bits per heavy atom. The predicted octanol–water partition coefficient (Wildman–Crippen LogP) is 4.32. The van der Waals surface area contributed by atoms with Crippen LogP contribution in [-0.4, -0.2) is 22.0 Å². The maximum Gasteiger partial charge on any atom is 0.163 e. The van der Waals surface area contributed by atoms with Crippen molar-refractivity contribution in [2.75, 3.05) is 12.1 Å². The first-order chi connectivity index (χ1) is 12.6. The molecular weight excluding hydrogens is 346 g/mol. The van der Waals surface area contributed by atoms with Gasteiger partial charge in [-0.25, -0.2) is 15.8 Å². The van der Waals surface area contributed by atoms with Gasteiger partial charge in [-0.3, -0.25) is 9.99 Å². The number of fused-ring (bicyclic) bond motifs is 1. The van der Waals surface area contributed by atoms with E-state index in [0.717, 1.165) is 27.6 Å². The lowest BCUT2D eigenvalue weighted by molar-refractivity contribution is 0.980. The Labute approximate surface area is 156 Å². The molecule has 26 heavy (non-hydrogen) atoms. The summed E-state index contributed by atoms with van der Waals surface area (Å²) in [4.78, 5) is 13.5. The molecule has 0 bridgehead atoms. The summed E-state index contributed by atoms with van der Waals surface area (Å²) in [6.07, 6.45) is 3.46. The summed E-state index contributed by atoms with van der Waals surface area (Å²) < 4.78 is 0. The number of nitrogens with two attached hydrogens (primary N) is 1. The van der Waals surface area contributed by atoms with Crippen LogP contribution in [0.5, 0.6) is 0 Å². The first-order valence-electron chi connectivity index (χ1n) is 8.08. The minimum atomic E-state index is 0.591. The van der Waals surface area contributed by atoms with Crippen LogP contribution in [0.4, 0.5) is 5.82 Å². The van der Waals surface area contributed by atoms with Crippen LogP contribution in [0, 0.1) is 0 Å². The summed E-state index contributed by atoms with van der Waals surface area (Å²) in [7, 11) is 1.76. The molecule has 0 unspecified atom stereocenters. The Morgan fingerprint density at radius 2 is 1.73 bits per heavy atom. The van der Waals surface area contributed by atoms with Crippen molar-refractivity contribution in [3.05, 3.63) is 72.0 Å². The zero-order valence-corrected chi connectivity index (χ0v) is 14.9. The van der Waals surface area contributed by atoms with E-state index in [-0.39, 0.29) is 0 Å². The van der Waals surface area contributed by atoms with Gasteiger partial charge >= 0.3 is 0 Å². The van der Waals surface area contributed by atoms with Gasteiger partial charge in [0.15, 0.2) is 11.6 Å². The van der Waals surface area contributed by atoms with E-state index in [2.05, 4.69) is 15.0 Å². The van der Waals surface area contributed by atoms with Crippen LogP contribution < -0.4 is 10.9 Å². The van der Waals surface area contributed by atoms with Gasteiger partial charge in [0.2, 0.25) is 0 Å². The van der Waals surface area contributed by atoms with Crippen LogP contribution in [-0.2, 0) is 0 Å². The molecule has 0 atom stereocenters. The number of halogens is 1. The van der Waals surface area contributed by atoms with Gasteiger partial charge in [-0.15, -0.1) is 0 Å². The number of anilines is 1. The first-order valence-corrected chi connectivity index (χ1v) is 8.46. The van der Waals surface area contributed by atoms with Gasteiger partial charge in [-0.1, -0.05) is 29.8 Å². The van der Waals surface area contributed by atoms with Crippen molar-refractivity contribution >= 4 is 28.3 Å². The lowest BCUT2D eigenvalue weighted by atomic mass is 10.0. The van der Waals surface area contributed by atoms with Gasteiger partial charge in [-0.05, 0) is 47.5 Å². The summed E-state index contributed by atoms with van der Waals surface area (Å²) in [5, 5.41) is 3.08. The molecule has 0 aliphatic heterocycles. The molecule has 4 rings (SSSR count). The Bertz CT molecular complexity index is 1080. The highest BCUT2D eigenvalue weighted by Crippen LogP contribution is 2.31. The van der Waals surface area contributed by atoms with E-state index < -0.39 is 0 Å². The molecule has 0 fully saturated rings. The summed E-state index contributed by atoms with van der Waals surface area (Å²) >= 11 is 6.12. The number of hydrogen-bond donors (Lipinski definition) is 1. The molecule has 2 N–H and O–H groups in total. The van der Waals surface area contributed by atoms with E-state index in [1.807, 2.05) is 54.6 Å². The van der Waals surface area contributed by atoms with Crippen molar-refractivity contribution < 1.29 is 0 Å². The van der Waals surface area contributed by atoms with Crippen molar-refractivity contribution in [3.63, 3.8) is 0 Å². The number of rotatable bonds is 3. The van der Waals surface area contributed by atoms with Gasteiger partial charge in [-0.2, -0.15) is 0 Å². The second kappa shape index (κ2) is 6.71. The third kappa shape index (κ3) is 3.10. The molecule has 128 valence electrons. The molecule has 0 saturated carbocycles. The zero-order valence-electron chi connectivity index (χ0n) is 14.1. The molecule has 2 aromatic heterocycles. The van der Waals surface area contributed by atoms with Crippen LogP contribution >= 0.6 is 11.6 Å². The summed E-state index contributed by atoms with van der Waals surface area (Å²) in [5.41, 5.74) is 3.72. The Morgan fingerprint density at radius 3 is 2.46 bits per heavy atom. The first kappa shape index (κ1) is 16.4. The monoisotopic (exact) mass is 361 g/mol. The summed E-state index contributed by atoms with van der Waals surface area (Å²) in [6.45, 7) is 0. The molecule has 2 aromatic carbocycles. The van der Waals surface area contributed by atoms with Gasteiger partial charge in [0.1, 0.15) is 0 Å². The quantitative estimate of drug-likeness (QED) is 0.434. The fraction of sp³-hybridized carbons (Fsp3) is 0.0500. The zero-order chi connectivity index (χ0) is 18.1. The van der Waals surface area contributed by atoms with Crippen molar-refractivity contribution in [1.29, 1.82) is 0 Å². The average molecular weight is 362 g/mol. The van der Waals surface area contributed by atoms with E-state index >= 15 is 0 Å². The topological polar surface area (TPSA) is 67.9 Å². The smallest absolute Gasteiger partial charge is 0.163 e. The summed E-state index contributed by atoms with van der Waals surface area (Å²) in [6, 6.07) is 17.5. The van der Waals surface area contributed by atoms with E-state index in [4.69, 9.17) is 17.4 Å². The fourth-order valence-corrected chi connectivity index (χ4v) is 3.04. The number of hydrogen-bond acceptors (Lipinski definition) is 5. The molecule has 0 aliphatic rings. The normalized spacial score (nSPS) is 10.9. The molecule has 0 saturated heterocycles. The van der Waals surface area contributed by atoms with Crippen LogP contribution in [0.25, 0.3) is 33.4 Å². The third-order valence-electron chi connectivity index (χ3n) is 4.09. The van der Waals surface area contributed by atoms with E-state index in [9.17, 15) is 0 Å².